The summed E-state index contributed by atoms with van der Waals surface area (Å²) in [6.45, 7) is 3.59. The summed E-state index contributed by atoms with van der Waals surface area (Å²) in [7, 11) is 0. The summed E-state index contributed by atoms with van der Waals surface area (Å²) in [5, 5.41) is 14.0. The van der Waals surface area contributed by atoms with Gasteiger partial charge in [-0.15, -0.1) is 0 Å². The van der Waals surface area contributed by atoms with Gasteiger partial charge in [0.15, 0.2) is 6.79 Å². The number of hydrogen-bond acceptors (Lipinski definition) is 6. The molecule has 0 saturated carbocycles. The van der Waals surface area contributed by atoms with Gasteiger partial charge in [0, 0.05) is 23.3 Å². The van der Waals surface area contributed by atoms with Crippen molar-refractivity contribution in [2.45, 2.75) is 32.5 Å². The van der Waals surface area contributed by atoms with E-state index in [0.717, 1.165) is 10.5 Å². The van der Waals surface area contributed by atoms with Gasteiger partial charge in [-0.25, -0.2) is 4.79 Å². The molecular formula is C20H19N3O6. The Balaban J connectivity index is 1.69. The number of non-ortho nitro benzene ring substituents is 1. The van der Waals surface area contributed by atoms with Crippen molar-refractivity contribution in [3.05, 3.63) is 68.8 Å². The van der Waals surface area contributed by atoms with Crippen LogP contribution >= 0.6 is 0 Å². The zero-order valence-electron chi connectivity index (χ0n) is 15.9. The molecule has 1 fully saturated rings. The highest BCUT2D eigenvalue weighted by Crippen LogP contribution is 2.36. The molecule has 1 atom stereocenters. The number of imide groups is 1. The third-order valence-electron chi connectivity index (χ3n) is 5.21. The number of rotatable bonds is 4. The lowest BCUT2D eigenvalue weighted by atomic mass is 9.91. The van der Waals surface area contributed by atoms with Crippen LogP contribution in [0.5, 0.6) is 5.75 Å². The molecule has 3 amide bonds. The number of nitro groups is 1. The molecule has 0 bridgehead atoms. The summed E-state index contributed by atoms with van der Waals surface area (Å²) in [6, 6.07) is 9.47. The summed E-state index contributed by atoms with van der Waals surface area (Å²) in [4.78, 5) is 37.6. The van der Waals surface area contributed by atoms with E-state index < -0.39 is 22.4 Å². The highest BCUT2D eigenvalue weighted by Gasteiger charge is 2.49. The fourth-order valence-electron chi connectivity index (χ4n) is 3.60. The molecule has 0 radical (unpaired) electrons. The summed E-state index contributed by atoms with van der Waals surface area (Å²) in [5.74, 6) is -0.0231. The number of nitro benzene ring substituents is 1. The van der Waals surface area contributed by atoms with Crippen LogP contribution < -0.4 is 10.1 Å². The van der Waals surface area contributed by atoms with Crippen molar-refractivity contribution in [3.8, 4) is 5.75 Å². The minimum Gasteiger partial charge on any atom is -0.467 e. The van der Waals surface area contributed by atoms with Crippen LogP contribution in [-0.2, 0) is 28.2 Å². The van der Waals surface area contributed by atoms with Gasteiger partial charge in [0.25, 0.3) is 11.6 Å². The number of aryl methyl sites for hydroxylation is 1. The third-order valence-corrected chi connectivity index (χ3v) is 5.21. The van der Waals surface area contributed by atoms with E-state index in [1.54, 1.807) is 19.1 Å². The first-order chi connectivity index (χ1) is 13.8. The van der Waals surface area contributed by atoms with E-state index in [0.29, 0.717) is 22.4 Å². The van der Waals surface area contributed by atoms with Gasteiger partial charge in [-0.05, 0) is 19.4 Å². The molecule has 150 valence electrons. The molecule has 2 aromatic carbocycles. The minimum absolute atomic E-state index is 0.000957. The molecule has 1 N–H and O–H groups in total. The van der Waals surface area contributed by atoms with Gasteiger partial charge in [-0.2, -0.15) is 0 Å². The standard InChI is InChI=1S/C20H19N3O6/c1-12-3-5-15(6-4-12)20(2)18(24)22(19(25)21-20)9-13-7-16(23(26)27)8-14-10-28-11-29-17(13)14/h3-8H,9-11H2,1-2H3,(H,21,25)/t20-/m1/s1. The van der Waals surface area contributed by atoms with E-state index in [1.165, 1.54) is 12.1 Å². The molecule has 0 unspecified atom stereocenters. The SMILES string of the molecule is Cc1ccc([C@@]2(C)NC(=O)N(Cc3cc([N+](=O)[O-])cc4c3OCOC4)C2=O)cc1. The first-order valence-corrected chi connectivity index (χ1v) is 9.01. The van der Waals surface area contributed by atoms with E-state index in [4.69, 9.17) is 9.47 Å². The normalized spacial score (nSPS) is 20.8. The second-order valence-corrected chi connectivity index (χ2v) is 7.27. The highest BCUT2D eigenvalue weighted by atomic mass is 16.7. The summed E-state index contributed by atoms with van der Waals surface area (Å²) >= 11 is 0. The second-order valence-electron chi connectivity index (χ2n) is 7.27. The molecule has 2 aliphatic rings. The number of ether oxygens (including phenoxy) is 2. The summed E-state index contributed by atoms with van der Waals surface area (Å²) < 4.78 is 10.7. The minimum atomic E-state index is -1.21. The maximum atomic E-state index is 13.2. The van der Waals surface area contributed by atoms with Crippen LogP contribution in [0, 0.1) is 17.0 Å². The predicted octanol–water partition coefficient (Wildman–Crippen LogP) is 2.74. The molecule has 4 rings (SSSR count). The zero-order chi connectivity index (χ0) is 20.8. The first kappa shape index (κ1) is 18.9. The number of amides is 3. The lowest BCUT2D eigenvalue weighted by Crippen LogP contribution is -2.40. The molecule has 1 saturated heterocycles. The van der Waals surface area contributed by atoms with Gasteiger partial charge in [0.1, 0.15) is 11.3 Å². The Labute approximate surface area is 166 Å². The van der Waals surface area contributed by atoms with Crippen LogP contribution in [0.3, 0.4) is 0 Å². The number of carbonyl (C=O) groups excluding carboxylic acids is 2. The quantitative estimate of drug-likeness (QED) is 0.482. The third kappa shape index (κ3) is 3.19. The first-order valence-electron chi connectivity index (χ1n) is 9.01. The Morgan fingerprint density at radius 1 is 1.24 bits per heavy atom. The van der Waals surface area contributed by atoms with E-state index in [9.17, 15) is 19.7 Å². The van der Waals surface area contributed by atoms with Crippen LogP contribution in [-0.4, -0.2) is 28.6 Å². The monoisotopic (exact) mass is 397 g/mol. The largest absolute Gasteiger partial charge is 0.467 e. The van der Waals surface area contributed by atoms with Gasteiger partial charge in [-0.1, -0.05) is 29.8 Å². The van der Waals surface area contributed by atoms with Gasteiger partial charge in [-0.3, -0.25) is 19.8 Å². The van der Waals surface area contributed by atoms with Crippen molar-refractivity contribution in [3.63, 3.8) is 0 Å². The van der Waals surface area contributed by atoms with Crippen molar-refractivity contribution in [1.29, 1.82) is 0 Å². The average molecular weight is 397 g/mol. The zero-order valence-corrected chi connectivity index (χ0v) is 15.9. The van der Waals surface area contributed by atoms with Gasteiger partial charge >= 0.3 is 6.03 Å². The molecule has 9 heteroatoms. The number of urea groups is 1. The van der Waals surface area contributed by atoms with Crippen LogP contribution in [0.15, 0.2) is 36.4 Å². The highest BCUT2D eigenvalue weighted by molar-refractivity contribution is 6.07. The Kier molecular flexibility index (Phi) is 4.46. The lowest BCUT2D eigenvalue weighted by Gasteiger charge is -2.24. The van der Waals surface area contributed by atoms with Crippen LogP contribution in [0.2, 0.25) is 0 Å². The molecule has 29 heavy (non-hydrogen) atoms. The van der Waals surface area contributed by atoms with Crippen LogP contribution in [0.4, 0.5) is 10.5 Å². The molecule has 2 heterocycles. The lowest BCUT2D eigenvalue weighted by molar-refractivity contribution is -0.385. The maximum absolute atomic E-state index is 13.2. The smallest absolute Gasteiger partial charge is 0.325 e. The molecule has 2 aliphatic heterocycles. The second kappa shape index (κ2) is 6.85. The van der Waals surface area contributed by atoms with Gasteiger partial charge in [0.2, 0.25) is 0 Å². The Morgan fingerprint density at radius 3 is 2.66 bits per heavy atom. The molecule has 9 nitrogen and oxygen atoms in total. The van der Waals surface area contributed by atoms with Crippen molar-refractivity contribution in [1.82, 2.24) is 10.2 Å². The number of nitrogens with zero attached hydrogens (tertiary/aromatic N) is 2. The van der Waals surface area contributed by atoms with Crippen molar-refractivity contribution < 1.29 is 24.0 Å². The van der Waals surface area contributed by atoms with Crippen molar-refractivity contribution in [2.24, 2.45) is 0 Å². The molecule has 2 aromatic rings. The van der Waals surface area contributed by atoms with E-state index in [1.807, 2.05) is 19.1 Å². The van der Waals surface area contributed by atoms with E-state index in [-0.39, 0.29) is 25.6 Å². The van der Waals surface area contributed by atoms with Gasteiger partial charge < -0.3 is 14.8 Å². The fraction of sp³-hybridized carbons (Fsp3) is 0.300. The topological polar surface area (TPSA) is 111 Å². The molecule has 0 aliphatic carbocycles. The molecule has 0 spiro atoms. The van der Waals surface area contributed by atoms with E-state index >= 15 is 0 Å². The Morgan fingerprint density at radius 2 is 1.97 bits per heavy atom. The number of fused-ring (bicyclic) bond motifs is 1. The van der Waals surface area contributed by atoms with E-state index in [2.05, 4.69) is 5.32 Å². The number of benzene rings is 2. The predicted molar refractivity (Wildman–Crippen MR) is 101 cm³/mol. The Bertz CT molecular complexity index is 1020. The number of hydrogen-bond donors (Lipinski definition) is 1. The summed E-state index contributed by atoms with van der Waals surface area (Å²) in [6.07, 6.45) is 0. The van der Waals surface area contributed by atoms with Crippen molar-refractivity contribution in [2.75, 3.05) is 6.79 Å². The Hall–Kier alpha value is -3.46. The van der Waals surface area contributed by atoms with Crippen molar-refractivity contribution >= 4 is 17.6 Å². The fourth-order valence-corrected chi connectivity index (χ4v) is 3.60. The maximum Gasteiger partial charge on any atom is 0.325 e. The van der Waals surface area contributed by atoms with Crippen LogP contribution in [0.25, 0.3) is 0 Å². The average Bonchev–Trinajstić information content (AvgIpc) is 2.92. The van der Waals surface area contributed by atoms with Crippen LogP contribution in [0.1, 0.15) is 29.2 Å². The molecular weight excluding hydrogens is 378 g/mol. The molecule has 0 aromatic heterocycles. The number of nitrogens with one attached hydrogen (secondary N) is 1. The number of carbonyl (C=O) groups is 2. The summed E-state index contributed by atoms with van der Waals surface area (Å²) in [5.41, 5.74) is 1.22. The van der Waals surface area contributed by atoms with Gasteiger partial charge in [0.05, 0.1) is 18.1 Å².